The van der Waals surface area contributed by atoms with Gasteiger partial charge >= 0.3 is 0 Å². The minimum absolute atomic E-state index is 0.118. The molecule has 6 heteroatoms. The molecule has 0 radical (unpaired) electrons. The first-order valence-corrected chi connectivity index (χ1v) is 5.15. The van der Waals surface area contributed by atoms with Gasteiger partial charge in [0, 0.05) is 12.4 Å². The second-order valence-electron chi connectivity index (χ2n) is 3.66. The molecule has 0 aliphatic carbocycles. The first-order valence-electron chi connectivity index (χ1n) is 5.15. The third-order valence-corrected chi connectivity index (χ3v) is 2.23. The second-order valence-corrected chi connectivity index (χ2v) is 3.66. The lowest BCUT2D eigenvalue weighted by Crippen LogP contribution is -2.20. The van der Waals surface area contributed by atoms with E-state index < -0.39 is 0 Å². The predicted molar refractivity (Wildman–Crippen MR) is 64.2 cm³/mol. The summed E-state index contributed by atoms with van der Waals surface area (Å²) in [6, 6.07) is 5.34. The van der Waals surface area contributed by atoms with Gasteiger partial charge in [-0.2, -0.15) is 5.10 Å². The van der Waals surface area contributed by atoms with Crippen LogP contribution in [0.2, 0.25) is 0 Å². The Morgan fingerprint density at radius 2 is 2.35 bits per heavy atom. The molecular formula is C11H13N5O. The minimum Gasteiger partial charge on any atom is -0.382 e. The van der Waals surface area contributed by atoms with Crippen LogP contribution in [0, 0.1) is 6.92 Å². The Labute approximate surface area is 98.5 Å². The van der Waals surface area contributed by atoms with Crippen LogP contribution in [0.5, 0.6) is 0 Å². The van der Waals surface area contributed by atoms with Crippen LogP contribution in [-0.4, -0.2) is 20.7 Å². The molecular weight excluding hydrogens is 218 g/mol. The number of aryl methyl sites for hydroxylation is 1. The van der Waals surface area contributed by atoms with E-state index in [9.17, 15) is 4.79 Å². The number of aromatic nitrogens is 3. The van der Waals surface area contributed by atoms with Crippen molar-refractivity contribution in [2.24, 2.45) is 0 Å². The van der Waals surface area contributed by atoms with Crippen molar-refractivity contribution in [2.75, 3.05) is 11.1 Å². The zero-order valence-corrected chi connectivity index (χ0v) is 9.42. The van der Waals surface area contributed by atoms with Crippen molar-refractivity contribution in [3.63, 3.8) is 0 Å². The van der Waals surface area contributed by atoms with Gasteiger partial charge in [-0.25, -0.2) is 4.98 Å². The van der Waals surface area contributed by atoms with E-state index in [1.165, 1.54) is 4.68 Å². The summed E-state index contributed by atoms with van der Waals surface area (Å²) >= 11 is 0. The van der Waals surface area contributed by atoms with Gasteiger partial charge < -0.3 is 11.1 Å². The van der Waals surface area contributed by atoms with Crippen LogP contribution in [0.25, 0.3) is 0 Å². The van der Waals surface area contributed by atoms with Crippen LogP contribution in [0.3, 0.4) is 0 Å². The Morgan fingerprint density at radius 1 is 1.53 bits per heavy atom. The van der Waals surface area contributed by atoms with Crippen LogP contribution in [0.15, 0.2) is 30.6 Å². The highest BCUT2D eigenvalue weighted by atomic mass is 16.2. The molecule has 1 amide bonds. The molecule has 2 aromatic heterocycles. The van der Waals surface area contributed by atoms with Crippen molar-refractivity contribution in [3.8, 4) is 0 Å². The van der Waals surface area contributed by atoms with Crippen LogP contribution in [-0.2, 0) is 11.3 Å². The number of hydrogen-bond acceptors (Lipinski definition) is 4. The molecule has 0 saturated carbocycles. The molecule has 6 nitrogen and oxygen atoms in total. The number of rotatable bonds is 3. The Morgan fingerprint density at radius 3 is 3.00 bits per heavy atom. The summed E-state index contributed by atoms with van der Waals surface area (Å²) in [5.74, 6) is 0.777. The van der Waals surface area contributed by atoms with E-state index in [1.54, 1.807) is 18.5 Å². The molecule has 0 spiro atoms. The zero-order valence-electron chi connectivity index (χ0n) is 9.42. The predicted octanol–water partition coefficient (Wildman–Crippen LogP) is 0.807. The molecule has 0 bridgehead atoms. The molecule has 2 rings (SSSR count). The fourth-order valence-corrected chi connectivity index (χ4v) is 1.40. The lowest BCUT2D eigenvalue weighted by atomic mass is 10.3. The van der Waals surface area contributed by atoms with E-state index in [4.69, 9.17) is 5.73 Å². The first kappa shape index (κ1) is 11.1. The van der Waals surface area contributed by atoms with Gasteiger partial charge in [0.05, 0.1) is 0 Å². The number of nitrogens with two attached hydrogens (primary N) is 1. The second kappa shape index (κ2) is 4.65. The Hall–Kier alpha value is -2.37. The molecule has 0 saturated heterocycles. The third kappa shape index (κ3) is 2.81. The van der Waals surface area contributed by atoms with E-state index in [2.05, 4.69) is 15.4 Å². The van der Waals surface area contributed by atoms with Gasteiger partial charge in [0.2, 0.25) is 5.91 Å². The van der Waals surface area contributed by atoms with Crippen molar-refractivity contribution >= 4 is 17.5 Å². The maximum absolute atomic E-state index is 11.7. The number of hydrogen-bond donors (Lipinski definition) is 2. The molecule has 0 fully saturated rings. The number of carbonyl (C=O) groups excluding carboxylic acids is 1. The Bertz CT molecular complexity index is 534. The third-order valence-electron chi connectivity index (χ3n) is 2.23. The number of nitrogens with one attached hydrogen (secondary N) is 1. The fourth-order valence-electron chi connectivity index (χ4n) is 1.40. The summed E-state index contributed by atoms with van der Waals surface area (Å²) in [5.41, 5.74) is 6.37. The number of nitrogen functional groups attached to an aromatic ring is 1. The molecule has 0 aliphatic heterocycles. The number of nitrogens with zero attached hydrogens (tertiary/aromatic N) is 3. The molecule has 0 aromatic carbocycles. The van der Waals surface area contributed by atoms with Crippen molar-refractivity contribution < 1.29 is 4.79 Å². The summed E-state index contributed by atoms with van der Waals surface area (Å²) in [7, 11) is 0. The number of amides is 1. The molecule has 0 aliphatic rings. The molecule has 0 atom stereocenters. The standard InChI is InChI=1S/C11H13N5O/c1-8-3-2-5-13-11(8)14-10(17)7-16-6-4-9(12)15-16/h2-6H,7H2,1H3,(H2,12,15)(H,13,14,17). The van der Waals surface area contributed by atoms with Crippen LogP contribution in [0.4, 0.5) is 11.6 Å². The van der Waals surface area contributed by atoms with Gasteiger partial charge in [-0.15, -0.1) is 0 Å². The maximum Gasteiger partial charge on any atom is 0.247 e. The normalized spacial score (nSPS) is 10.2. The summed E-state index contributed by atoms with van der Waals surface area (Å²) in [6.07, 6.45) is 3.29. The van der Waals surface area contributed by atoms with E-state index >= 15 is 0 Å². The lowest BCUT2D eigenvalue weighted by Gasteiger charge is -2.06. The largest absolute Gasteiger partial charge is 0.382 e. The number of pyridine rings is 1. The smallest absolute Gasteiger partial charge is 0.247 e. The van der Waals surface area contributed by atoms with E-state index in [-0.39, 0.29) is 12.5 Å². The summed E-state index contributed by atoms with van der Waals surface area (Å²) < 4.78 is 1.48. The quantitative estimate of drug-likeness (QED) is 0.818. The van der Waals surface area contributed by atoms with E-state index in [1.807, 2.05) is 19.1 Å². The van der Waals surface area contributed by atoms with Gasteiger partial charge in [0.15, 0.2) is 0 Å². The van der Waals surface area contributed by atoms with Gasteiger partial charge in [0.1, 0.15) is 18.2 Å². The topological polar surface area (TPSA) is 85.8 Å². The highest BCUT2D eigenvalue weighted by Gasteiger charge is 2.06. The monoisotopic (exact) mass is 231 g/mol. The van der Waals surface area contributed by atoms with Gasteiger partial charge in [-0.3, -0.25) is 9.48 Å². The summed E-state index contributed by atoms with van der Waals surface area (Å²) in [4.78, 5) is 15.8. The molecule has 2 heterocycles. The SMILES string of the molecule is Cc1cccnc1NC(=O)Cn1ccc(N)n1. The Balaban J connectivity index is 2.01. The first-order chi connectivity index (χ1) is 8.15. The highest BCUT2D eigenvalue weighted by molar-refractivity contribution is 5.90. The van der Waals surface area contributed by atoms with E-state index in [0.717, 1.165) is 5.56 Å². The molecule has 17 heavy (non-hydrogen) atoms. The van der Waals surface area contributed by atoms with Crippen molar-refractivity contribution in [2.45, 2.75) is 13.5 Å². The van der Waals surface area contributed by atoms with Crippen molar-refractivity contribution in [3.05, 3.63) is 36.2 Å². The molecule has 0 unspecified atom stereocenters. The molecule has 88 valence electrons. The number of carbonyl (C=O) groups is 1. The average molecular weight is 231 g/mol. The Kier molecular flexibility index (Phi) is 3.04. The van der Waals surface area contributed by atoms with Crippen LogP contribution in [0.1, 0.15) is 5.56 Å². The lowest BCUT2D eigenvalue weighted by molar-refractivity contribution is -0.116. The highest BCUT2D eigenvalue weighted by Crippen LogP contribution is 2.09. The maximum atomic E-state index is 11.7. The molecule has 2 aromatic rings. The van der Waals surface area contributed by atoms with Gasteiger partial charge in [0.25, 0.3) is 0 Å². The zero-order chi connectivity index (χ0) is 12.3. The summed E-state index contributed by atoms with van der Waals surface area (Å²) in [5, 5.41) is 6.64. The average Bonchev–Trinajstić information content (AvgIpc) is 2.67. The van der Waals surface area contributed by atoms with Crippen LogP contribution >= 0.6 is 0 Å². The molecule has 3 N–H and O–H groups in total. The van der Waals surface area contributed by atoms with E-state index in [0.29, 0.717) is 11.6 Å². The van der Waals surface area contributed by atoms with Gasteiger partial charge in [-0.1, -0.05) is 6.07 Å². The van der Waals surface area contributed by atoms with Gasteiger partial charge in [-0.05, 0) is 24.6 Å². The van der Waals surface area contributed by atoms with Crippen molar-refractivity contribution in [1.29, 1.82) is 0 Å². The van der Waals surface area contributed by atoms with Crippen molar-refractivity contribution in [1.82, 2.24) is 14.8 Å². The fraction of sp³-hybridized carbons (Fsp3) is 0.182. The summed E-state index contributed by atoms with van der Waals surface area (Å²) in [6.45, 7) is 2.00. The van der Waals surface area contributed by atoms with Crippen LogP contribution < -0.4 is 11.1 Å². The number of anilines is 2. The minimum atomic E-state index is -0.185.